The molecule has 0 fully saturated rings. The van der Waals surface area contributed by atoms with Crippen molar-refractivity contribution in [3.05, 3.63) is 42.0 Å². The predicted octanol–water partition coefficient (Wildman–Crippen LogP) is 2.41. The van der Waals surface area contributed by atoms with Gasteiger partial charge in [0.25, 0.3) is 5.91 Å². The molecule has 23 heavy (non-hydrogen) atoms. The van der Waals surface area contributed by atoms with Crippen LogP contribution in [-0.4, -0.2) is 31.1 Å². The Morgan fingerprint density at radius 1 is 1.04 bits per heavy atom. The molecular weight excluding hydrogens is 298 g/mol. The number of carbonyl (C=O) groups excluding carboxylic acids is 3. The van der Waals surface area contributed by atoms with Crippen LogP contribution in [0.3, 0.4) is 0 Å². The number of hydrogen-bond donors (Lipinski definition) is 1. The first-order chi connectivity index (χ1) is 10.9. The molecule has 1 amide bonds. The van der Waals surface area contributed by atoms with Gasteiger partial charge >= 0.3 is 11.9 Å². The summed E-state index contributed by atoms with van der Waals surface area (Å²) in [4.78, 5) is 34.0. The highest BCUT2D eigenvalue weighted by Crippen LogP contribution is 2.16. The van der Waals surface area contributed by atoms with Gasteiger partial charge in [0.2, 0.25) is 0 Å². The van der Waals surface area contributed by atoms with Gasteiger partial charge in [0, 0.05) is 17.8 Å². The summed E-state index contributed by atoms with van der Waals surface area (Å²) in [5, 5.41) is 2.62. The minimum Gasteiger partial charge on any atom is -0.463 e. The van der Waals surface area contributed by atoms with E-state index in [-0.39, 0.29) is 6.61 Å². The van der Waals surface area contributed by atoms with Crippen molar-refractivity contribution in [1.82, 2.24) is 0 Å². The van der Waals surface area contributed by atoms with E-state index in [2.05, 4.69) is 23.9 Å². The quantitative estimate of drug-likeness (QED) is 0.616. The van der Waals surface area contributed by atoms with E-state index < -0.39 is 24.5 Å². The number of amides is 1. The lowest BCUT2D eigenvalue weighted by Crippen LogP contribution is -2.20. The van der Waals surface area contributed by atoms with Gasteiger partial charge in [0.1, 0.15) is 0 Å². The molecule has 6 heteroatoms. The van der Waals surface area contributed by atoms with Crippen molar-refractivity contribution in [3.8, 4) is 0 Å². The lowest BCUT2D eigenvalue weighted by Gasteiger charge is -2.08. The van der Waals surface area contributed by atoms with Crippen molar-refractivity contribution in [3.63, 3.8) is 0 Å². The lowest BCUT2D eigenvalue weighted by atomic mass is 10.0. The molecule has 0 radical (unpaired) electrons. The number of hydrogen-bond acceptors (Lipinski definition) is 5. The van der Waals surface area contributed by atoms with Crippen molar-refractivity contribution in [2.75, 3.05) is 18.5 Å². The van der Waals surface area contributed by atoms with Crippen molar-refractivity contribution in [2.45, 2.75) is 26.7 Å². The number of anilines is 1. The van der Waals surface area contributed by atoms with E-state index >= 15 is 0 Å². The van der Waals surface area contributed by atoms with E-state index in [4.69, 9.17) is 4.74 Å². The van der Waals surface area contributed by atoms with Crippen LogP contribution in [0.2, 0.25) is 0 Å². The number of ether oxygens (including phenoxy) is 2. The first-order valence-electron chi connectivity index (χ1n) is 7.33. The van der Waals surface area contributed by atoms with E-state index in [1.165, 1.54) is 5.56 Å². The highest BCUT2D eigenvalue weighted by atomic mass is 16.5. The van der Waals surface area contributed by atoms with Crippen LogP contribution in [0.25, 0.3) is 0 Å². The fourth-order valence-corrected chi connectivity index (χ4v) is 1.66. The van der Waals surface area contributed by atoms with Gasteiger partial charge in [0.05, 0.1) is 6.61 Å². The zero-order valence-electron chi connectivity index (χ0n) is 13.5. The van der Waals surface area contributed by atoms with Gasteiger partial charge in [-0.15, -0.1) is 0 Å². The van der Waals surface area contributed by atoms with Crippen LogP contribution in [0.15, 0.2) is 36.4 Å². The van der Waals surface area contributed by atoms with Gasteiger partial charge < -0.3 is 14.8 Å². The Bertz CT molecular complexity index is 575. The summed E-state index contributed by atoms with van der Waals surface area (Å²) in [5.41, 5.74) is 1.79. The Hall–Kier alpha value is -2.63. The van der Waals surface area contributed by atoms with Crippen LogP contribution in [0.1, 0.15) is 32.3 Å². The van der Waals surface area contributed by atoms with E-state index in [0.29, 0.717) is 11.6 Å². The zero-order chi connectivity index (χ0) is 17.2. The van der Waals surface area contributed by atoms with E-state index in [1.54, 1.807) is 19.1 Å². The summed E-state index contributed by atoms with van der Waals surface area (Å²) in [6, 6.07) is 7.42. The average Bonchev–Trinajstić information content (AvgIpc) is 2.51. The maximum absolute atomic E-state index is 11.7. The van der Waals surface area contributed by atoms with Crippen molar-refractivity contribution in [1.29, 1.82) is 0 Å². The molecule has 0 heterocycles. The standard InChI is InChI=1S/C17H21NO5/c1-4-22-16(20)9-10-17(21)23-11-15(19)18-14-7-5-13(6-8-14)12(2)3/h5-10,12H,4,11H2,1-3H3,(H,18,19)/b10-9+. The molecule has 0 spiro atoms. The molecule has 0 saturated heterocycles. The number of carbonyl (C=O) groups is 3. The molecule has 6 nitrogen and oxygen atoms in total. The van der Waals surface area contributed by atoms with E-state index in [0.717, 1.165) is 12.2 Å². The monoisotopic (exact) mass is 319 g/mol. The van der Waals surface area contributed by atoms with Gasteiger partial charge in [0.15, 0.2) is 6.61 Å². The fraction of sp³-hybridized carbons (Fsp3) is 0.353. The van der Waals surface area contributed by atoms with Gasteiger partial charge in [-0.3, -0.25) is 4.79 Å². The molecule has 0 aliphatic rings. The van der Waals surface area contributed by atoms with Crippen LogP contribution in [0.5, 0.6) is 0 Å². The smallest absolute Gasteiger partial charge is 0.331 e. The molecule has 124 valence electrons. The van der Waals surface area contributed by atoms with E-state index in [1.807, 2.05) is 12.1 Å². The Labute approximate surface area is 135 Å². The number of nitrogens with one attached hydrogen (secondary N) is 1. The van der Waals surface area contributed by atoms with Crippen molar-refractivity contribution in [2.24, 2.45) is 0 Å². The third-order valence-corrected chi connectivity index (χ3v) is 2.85. The van der Waals surface area contributed by atoms with Crippen LogP contribution >= 0.6 is 0 Å². The third-order valence-electron chi connectivity index (χ3n) is 2.85. The third kappa shape index (κ3) is 7.26. The molecule has 0 aliphatic heterocycles. The summed E-state index contributed by atoms with van der Waals surface area (Å²) in [5.74, 6) is -1.48. The summed E-state index contributed by atoms with van der Waals surface area (Å²) >= 11 is 0. The molecule has 0 aliphatic carbocycles. The molecule has 0 aromatic heterocycles. The maximum Gasteiger partial charge on any atom is 0.331 e. The van der Waals surface area contributed by atoms with Crippen LogP contribution < -0.4 is 5.32 Å². The average molecular weight is 319 g/mol. The van der Waals surface area contributed by atoms with Crippen molar-refractivity contribution >= 4 is 23.5 Å². The first kappa shape index (κ1) is 18.4. The molecule has 1 N–H and O–H groups in total. The highest BCUT2D eigenvalue weighted by Gasteiger charge is 2.07. The normalized spacial score (nSPS) is 10.6. The Kier molecular flexibility index (Phi) is 7.53. The topological polar surface area (TPSA) is 81.7 Å². The molecule has 0 saturated carbocycles. The van der Waals surface area contributed by atoms with Gasteiger partial charge in [-0.05, 0) is 30.5 Å². The van der Waals surface area contributed by atoms with Gasteiger partial charge in [-0.1, -0.05) is 26.0 Å². The molecule has 1 aromatic rings. The second-order valence-electron chi connectivity index (χ2n) is 5.02. The Morgan fingerprint density at radius 2 is 1.61 bits per heavy atom. The molecule has 1 aromatic carbocycles. The second kappa shape index (κ2) is 9.40. The molecule has 1 rings (SSSR count). The lowest BCUT2D eigenvalue weighted by molar-refractivity contribution is -0.143. The number of rotatable bonds is 7. The van der Waals surface area contributed by atoms with E-state index in [9.17, 15) is 14.4 Å². The van der Waals surface area contributed by atoms with Gasteiger partial charge in [-0.25, -0.2) is 9.59 Å². The molecule has 0 unspecified atom stereocenters. The first-order valence-corrected chi connectivity index (χ1v) is 7.33. The molecule has 0 atom stereocenters. The van der Waals surface area contributed by atoms with Crippen LogP contribution in [0, 0.1) is 0 Å². The summed E-state index contributed by atoms with van der Waals surface area (Å²) < 4.78 is 9.33. The number of benzene rings is 1. The van der Waals surface area contributed by atoms with Crippen molar-refractivity contribution < 1.29 is 23.9 Å². The maximum atomic E-state index is 11.7. The molecular formula is C17H21NO5. The minimum absolute atomic E-state index is 0.218. The SMILES string of the molecule is CCOC(=O)/C=C/C(=O)OCC(=O)Nc1ccc(C(C)C)cc1. The zero-order valence-corrected chi connectivity index (χ0v) is 13.5. The van der Waals surface area contributed by atoms with Gasteiger partial charge in [-0.2, -0.15) is 0 Å². The second-order valence-corrected chi connectivity index (χ2v) is 5.02. The summed E-state index contributed by atoms with van der Waals surface area (Å²) in [7, 11) is 0. The minimum atomic E-state index is -0.789. The van der Waals surface area contributed by atoms with Crippen LogP contribution in [0.4, 0.5) is 5.69 Å². The largest absolute Gasteiger partial charge is 0.463 e. The Balaban J connectivity index is 2.39. The number of esters is 2. The molecule has 0 bridgehead atoms. The van der Waals surface area contributed by atoms with Crippen LogP contribution in [-0.2, 0) is 23.9 Å². The predicted molar refractivity (Wildman–Crippen MR) is 85.9 cm³/mol. The Morgan fingerprint density at radius 3 is 2.13 bits per heavy atom. The summed E-state index contributed by atoms with van der Waals surface area (Å²) in [6.45, 7) is 5.60. The fourth-order valence-electron chi connectivity index (χ4n) is 1.66. The highest BCUT2D eigenvalue weighted by molar-refractivity contribution is 5.95. The summed E-state index contributed by atoms with van der Waals surface area (Å²) in [6.07, 6.45) is 1.87.